The Bertz CT molecular complexity index is 1040. The van der Waals surface area contributed by atoms with Gasteiger partial charge in [-0.3, -0.25) is 4.79 Å². The van der Waals surface area contributed by atoms with E-state index in [0.717, 1.165) is 30.2 Å². The van der Waals surface area contributed by atoms with Crippen LogP contribution in [0.4, 0.5) is 16.0 Å². The Kier molecular flexibility index (Phi) is 6.35. The largest absolute Gasteiger partial charge is 0.481 e. The molecular formula is C23H24FN5O2. The molecule has 8 heteroatoms. The number of amides is 1. The number of ether oxygens (including phenoxy) is 1. The maximum Gasteiger partial charge on any atom is 0.260 e. The normalized spacial score (nSPS) is 14.3. The molecule has 0 atom stereocenters. The lowest BCUT2D eigenvalue weighted by molar-refractivity contribution is -0.134. The number of anilines is 2. The number of carbonyl (C=O) groups excluding carboxylic acids is 1. The zero-order valence-corrected chi connectivity index (χ0v) is 17.3. The van der Waals surface area contributed by atoms with E-state index in [9.17, 15) is 9.18 Å². The first-order valence-electron chi connectivity index (χ1n) is 10.3. The second-order valence-electron chi connectivity index (χ2n) is 7.47. The molecule has 0 unspecified atom stereocenters. The highest BCUT2D eigenvalue weighted by molar-refractivity contribution is 5.77. The smallest absolute Gasteiger partial charge is 0.260 e. The molecule has 4 rings (SSSR count). The van der Waals surface area contributed by atoms with Crippen molar-refractivity contribution in [3.63, 3.8) is 0 Å². The third kappa shape index (κ3) is 5.33. The zero-order chi connectivity index (χ0) is 21.6. The Morgan fingerprint density at radius 3 is 2.65 bits per heavy atom. The highest BCUT2D eigenvalue weighted by Gasteiger charge is 2.26. The molecule has 0 aliphatic carbocycles. The van der Waals surface area contributed by atoms with Crippen LogP contribution in [0.3, 0.4) is 0 Å². The minimum absolute atomic E-state index is 0.0897. The fraction of sp³-hybridized carbons (Fsp3) is 0.304. The molecule has 0 saturated carbocycles. The molecule has 31 heavy (non-hydrogen) atoms. The predicted molar refractivity (Wildman–Crippen MR) is 115 cm³/mol. The first-order chi connectivity index (χ1) is 15.1. The molecule has 1 aliphatic heterocycles. The van der Waals surface area contributed by atoms with E-state index in [1.54, 1.807) is 23.2 Å². The van der Waals surface area contributed by atoms with Crippen molar-refractivity contribution in [2.24, 2.45) is 0 Å². The number of carbonyl (C=O) groups is 1. The Morgan fingerprint density at radius 1 is 1.13 bits per heavy atom. The van der Waals surface area contributed by atoms with Gasteiger partial charge in [0.2, 0.25) is 0 Å². The second-order valence-corrected chi connectivity index (χ2v) is 7.47. The summed E-state index contributed by atoms with van der Waals surface area (Å²) in [6.45, 7) is 2.94. The van der Waals surface area contributed by atoms with E-state index in [4.69, 9.17) is 4.74 Å². The lowest BCUT2D eigenvalue weighted by atomic mass is 9.95. The quantitative estimate of drug-likeness (QED) is 0.651. The third-order valence-corrected chi connectivity index (χ3v) is 5.19. The lowest BCUT2D eigenvalue weighted by Gasteiger charge is -2.31. The van der Waals surface area contributed by atoms with Crippen molar-refractivity contribution in [3.8, 4) is 5.75 Å². The minimum atomic E-state index is -0.472. The van der Waals surface area contributed by atoms with Gasteiger partial charge in [-0.05, 0) is 44.0 Å². The number of hydrogen-bond donors (Lipinski definition) is 1. The molecule has 160 valence electrons. The molecule has 1 amide bonds. The fourth-order valence-electron chi connectivity index (χ4n) is 3.59. The van der Waals surface area contributed by atoms with E-state index < -0.39 is 5.82 Å². The number of likely N-dealkylation sites (tertiary alicyclic amines) is 1. The number of aromatic nitrogens is 3. The Hall–Kier alpha value is -3.55. The van der Waals surface area contributed by atoms with Gasteiger partial charge < -0.3 is 15.0 Å². The number of piperidine rings is 1. The van der Waals surface area contributed by atoms with Crippen LogP contribution in [0, 0.1) is 12.7 Å². The number of aryl methyl sites for hydroxylation is 1. The Morgan fingerprint density at radius 2 is 1.90 bits per heavy atom. The molecule has 2 aromatic heterocycles. The summed E-state index contributed by atoms with van der Waals surface area (Å²) in [6, 6.07) is 13.6. The van der Waals surface area contributed by atoms with Gasteiger partial charge in [0, 0.05) is 37.0 Å². The van der Waals surface area contributed by atoms with Crippen LogP contribution in [0.25, 0.3) is 0 Å². The van der Waals surface area contributed by atoms with E-state index in [-0.39, 0.29) is 24.2 Å². The van der Waals surface area contributed by atoms with Crippen molar-refractivity contribution in [2.45, 2.75) is 25.7 Å². The number of nitrogens with one attached hydrogen (secondary N) is 1. The molecule has 1 aromatic carbocycles. The SMILES string of the molecule is Cc1cc(Nc2ccccn2)nc(C2CCN(C(=O)COc3ccccc3F)CC2)n1. The third-order valence-electron chi connectivity index (χ3n) is 5.19. The molecule has 1 aliphatic rings. The highest BCUT2D eigenvalue weighted by Crippen LogP contribution is 2.27. The van der Waals surface area contributed by atoms with Gasteiger partial charge in [0.1, 0.15) is 17.5 Å². The molecule has 0 radical (unpaired) electrons. The van der Waals surface area contributed by atoms with Gasteiger partial charge in [-0.1, -0.05) is 18.2 Å². The van der Waals surface area contributed by atoms with Crippen molar-refractivity contribution in [1.82, 2.24) is 19.9 Å². The zero-order valence-electron chi connectivity index (χ0n) is 17.3. The highest BCUT2D eigenvalue weighted by atomic mass is 19.1. The van der Waals surface area contributed by atoms with Gasteiger partial charge in [-0.2, -0.15) is 0 Å². The number of rotatable bonds is 6. The maximum atomic E-state index is 13.7. The molecule has 1 N–H and O–H groups in total. The van der Waals surface area contributed by atoms with Crippen LogP contribution in [-0.2, 0) is 4.79 Å². The van der Waals surface area contributed by atoms with E-state index >= 15 is 0 Å². The number of halogens is 1. The van der Waals surface area contributed by atoms with Crippen LogP contribution >= 0.6 is 0 Å². The molecule has 1 fully saturated rings. The van der Waals surface area contributed by atoms with Crippen molar-refractivity contribution >= 4 is 17.5 Å². The summed E-state index contributed by atoms with van der Waals surface area (Å²) in [5.74, 6) is 1.84. The maximum absolute atomic E-state index is 13.7. The van der Waals surface area contributed by atoms with Gasteiger partial charge in [-0.25, -0.2) is 19.3 Å². The fourth-order valence-corrected chi connectivity index (χ4v) is 3.59. The van der Waals surface area contributed by atoms with E-state index in [0.29, 0.717) is 18.9 Å². The summed E-state index contributed by atoms with van der Waals surface area (Å²) in [5.41, 5.74) is 0.875. The number of hydrogen-bond acceptors (Lipinski definition) is 6. The van der Waals surface area contributed by atoms with E-state index in [1.165, 1.54) is 12.1 Å². The van der Waals surface area contributed by atoms with E-state index in [2.05, 4.69) is 20.3 Å². The average Bonchev–Trinajstić information content (AvgIpc) is 2.79. The van der Waals surface area contributed by atoms with Gasteiger partial charge in [0.25, 0.3) is 5.91 Å². The summed E-state index contributed by atoms with van der Waals surface area (Å²) >= 11 is 0. The average molecular weight is 421 g/mol. The molecule has 3 aromatic rings. The molecule has 0 spiro atoms. The molecular weight excluding hydrogens is 397 g/mol. The first kappa shape index (κ1) is 20.7. The summed E-state index contributed by atoms with van der Waals surface area (Å²) in [7, 11) is 0. The van der Waals surface area contributed by atoms with Crippen LogP contribution in [0.15, 0.2) is 54.7 Å². The molecule has 3 heterocycles. The van der Waals surface area contributed by atoms with Crippen LogP contribution in [0.5, 0.6) is 5.75 Å². The Balaban J connectivity index is 1.34. The van der Waals surface area contributed by atoms with E-state index in [1.807, 2.05) is 31.2 Å². The molecule has 0 bridgehead atoms. The van der Waals surface area contributed by atoms with Crippen molar-refractivity contribution < 1.29 is 13.9 Å². The van der Waals surface area contributed by atoms with Crippen molar-refractivity contribution in [2.75, 3.05) is 25.0 Å². The molecule has 7 nitrogen and oxygen atoms in total. The monoisotopic (exact) mass is 421 g/mol. The van der Waals surface area contributed by atoms with Gasteiger partial charge in [0.05, 0.1) is 0 Å². The number of pyridine rings is 1. The van der Waals surface area contributed by atoms with Crippen LogP contribution < -0.4 is 10.1 Å². The standard InChI is InChI=1S/C23H24FN5O2/c1-16-14-21(27-20-8-4-5-11-25-20)28-23(26-16)17-9-12-29(13-10-17)22(30)15-31-19-7-3-2-6-18(19)24/h2-8,11,14,17H,9-10,12-13,15H2,1H3,(H,25,26,27,28). The number of para-hydroxylation sites is 1. The van der Waals surface area contributed by atoms with Gasteiger partial charge >= 0.3 is 0 Å². The lowest BCUT2D eigenvalue weighted by Crippen LogP contribution is -2.40. The van der Waals surface area contributed by atoms with Crippen molar-refractivity contribution in [1.29, 1.82) is 0 Å². The second kappa shape index (κ2) is 9.51. The molecule has 1 saturated heterocycles. The number of benzene rings is 1. The number of nitrogens with zero attached hydrogens (tertiary/aromatic N) is 4. The summed E-state index contributed by atoms with van der Waals surface area (Å²) in [6.07, 6.45) is 3.25. The van der Waals surface area contributed by atoms with Gasteiger partial charge in [-0.15, -0.1) is 0 Å². The summed E-state index contributed by atoms with van der Waals surface area (Å²) in [4.78, 5) is 27.8. The van der Waals surface area contributed by atoms with Crippen LogP contribution in [-0.4, -0.2) is 45.5 Å². The topological polar surface area (TPSA) is 80.2 Å². The van der Waals surface area contributed by atoms with Gasteiger partial charge in [0.15, 0.2) is 18.2 Å². The van der Waals surface area contributed by atoms with Crippen LogP contribution in [0.2, 0.25) is 0 Å². The first-order valence-corrected chi connectivity index (χ1v) is 10.3. The van der Waals surface area contributed by atoms with Crippen molar-refractivity contribution in [3.05, 3.63) is 72.1 Å². The summed E-state index contributed by atoms with van der Waals surface area (Å²) < 4.78 is 19.0. The van der Waals surface area contributed by atoms with Crippen LogP contribution in [0.1, 0.15) is 30.3 Å². The summed E-state index contributed by atoms with van der Waals surface area (Å²) in [5, 5.41) is 3.21. The minimum Gasteiger partial charge on any atom is -0.481 e. The predicted octanol–water partition coefficient (Wildman–Crippen LogP) is 3.85. The Labute approximate surface area is 180 Å².